The lowest BCUT2D eigenvalue weighted by molar-refractivity contribution is -0.116. The molecule has 1 N–H and O–H groups in total. The number of benzene rings is 1. The Morgan fingerprint density at radius 3 is 2.79 bits per heavy atom. The van der Waals surface area contributed by atoms with E-state index in [4.69, 9.17) is 4.42 Å². The number of aryl methyl sites for hydroxylation is 2. The third kappa shape index (κ3) is 3.13. The normalized spacial score (nSPS) is 10.9. The first-order chi connectivity index (χ1) is 11.5. The van der Waals surface area contributed by atoms with Crippen molar-refractivity contribution in [3.8, 4) is 0 Å². The van der Waals surface area contributed by atoms with Crippen molar-refractivity contribution >= 4 is 39.3 Å². The van der Waals surface area contributed by atoms with Gasteiger partial charge in [-0.2, -0.15) is 0 Å². The third-order valence-electron chi connectivity index (χ3n) is 3.50. The molecule has 3 rings (SSSR count). The first kappa shape index (κ1) is 16.1. The van der Waals surface area contributed by atoms with E-state index in [1.54, 1.807) is 31.2 Å². The Morgan fingerprint density at radius 1 is 1.33 bits per heavy atom. The zero-order chi connectivity index (χ0) is 17.3. The molecule has 0 aliphatic rings. The number of ketones is 1. The molecule has 24 heavy (non-hydrogen) atoms. The number of para-hydroxylation sites is 2. The van der Waals surface area contributed by atoms with E-state index in [2.05, 4.69) is 10.3 Å². The highest BCUT2D eigenvalue weighted by molar-refractivity contribution is 7.17. The number of nitrogens with zero attached hydrogens (tertiary/aromatic N) is 2. The fraction of sp³-hybridized carbons (Fsp3) is 0.250. The van der Waals surface area contributed by atoms with E-state index in [1.807, 2.05) is 0 Å². The molecule has 0 radical (unpaired) electrons. The van der Waals surface area contributed by atoms with Gasteiger partial charge in [0.15, 0.2) is 16.5 Å². The van der Waals surface area contributed by atoms with Gasteiger partial charge in [-0.3, -0.25) is 14.2 Å². The summed E-state index contributed by atoms with van der Waals surface area (Å²) < 4.78 is 6.54. The quantitative estimate of drug-likeness (QED) is 0.717. The molecular formula is C16H15N3O4S. The minimum Gasteiger partial charge on any atom is -0.408 e. The van der Waals surface area contributed by atoms with Crippen LogP contribution in [0, 0.1) is 6.92 Å². The van der Waals surface area contributed by atoms with Gasteiger partial charge in [0.05, 0.1) is 16.1 Å². The third-order valence-corrected chi connectivity index (χ3v) is 4.67. The van der Waals surface area contributed by atoms with Crippen LogP contribution in [0.5, 0.6) is 0 Å². The fourth-order valence-corrected chi connectivity index (χ4v) is 3.28. The van der Waals surface area contributed by atoms with E-state index in [0.717, 1.165) is 11.3 Å². The summed E-state index contributed by atoms with van der Waals surface area (Å²) in [6.07, 6.45) is 0.0947. The molecule has 2 heterocycles. The lowest BCUT2D eigenvalue weighted by Gasteiger charge is -2.02. The maximum atomic E-state index is 12.1. The molecule has 1 aromatic carbocycles. The lowest BCUT2D eigenvalue weighted by Crippen LogP contribution is -2.19. The van der Waals surface area contributed by atoms with Crippen molar-refractivity contribution in [2.24, 2.45) is 0 Å². The van der Waals surface area contributed by atoms with E-state index in [9.17, 15) is 14.4 Å². The van der Waals surface area contributed by atoms with E-state index in [-0.39, 0.29) is 24.7 Å². The Balaban J connectivity index is 1.69. The zero-order valence-corrected chi connectivity index (χ0v) is 14.0. The number of carbonyl (C=O) groups is 2. The molecule has 0 saturated carbocycles. The molecule has 0 saturated heterocycles. The van der Waals surface area contributed by atoms with E-state index < -0.39 is 5.76 Å². The van der Waals surface area contributed by atoms with Gasteiger partial charge in [-0.15, -0.1) is 0 Å². The first-order valence-corrected chi connectivity index (χ1v) is 8.14. The SMILES string of the molecule is CC(=O)c1sc(NC(=O)CCn2c(=O)oc3ccccc32)nc1C. The summed E-state index contributed by atoms with van der Waals surface area (Å²) in [6.45, 7) is 3.38. The van der Waals surface area contributed by atoms with Crippen LogP contribution < -0.4 is 11.1 Å². The largest absolute Gasteiger partial charge is 0.419 e. The van der Waals surface area contributed by atoms with Gasteiger partial charge in [0.25, 0.3) is 0 Å². The topological polar surface area (TPSA) is 94.2 Å². The van der Waals surface area contributed by atoms with Crippen LogP contribution in [0.3, 0.4) is 0 Å². The van der Waals surface area contributed by atoms with Gasteiger partial charge < -0.3 is 9.73 Å². The van der Waals surface area contributed by atoms with Crippen LogP contribution in [0.25, 0.3) is 11.1 Å². The minimum atomic E-state index is -0.493. The monoisotopic (exact) mass is 345 g/mol. The second-order valence-electron chi connectivity index (χ2n) is 5.28. The zero-order valence-electron chi connectivity index (χ0n) is 13.2. The number of carbonyl (C=O) groups excluding carboxylic acids is 2. The summed E-state index contributed by atoms with van der Waals surface area (Å²) in [6, 6.07) is 7.05. The van der Waals surface area contributed by atoms with Gasteiger partial charge >= 0.3 is 5.76 Å². The molecule has 1 amide bonds. The molecule has 0 bridgehead atoms. The van der Waals surface area contributed by atoms with Crippen molar-refractivity contribution in [2.75, 3.05) is 5.32 Å². The number of rotatable bonds is 5. The van der Waals surface area contributed by atoms with Gasteiger partial charge in [0, 0.05) is 19.9 Å². The Bertz CT molecular complexity index is 983. The molecular weight excluding hydrogens is 330 g/mol. The van der Waals surface area contributed by atoms with Crippen LogP contribution in [0.4, 0.5) is 5.13 Å². The molecule has 8 heteroatoms. The molecule has 0 unspecified atom stereocenters. The summed E-state index contributed by atoms with van der Waals surface area (Å²) in [4.78, 5) is 40.0. The molecule has 0 spiro atoms. The number of hydrogen-bond acceptors (Lipinski definition) is 6. The van der Waals surface area contributed by atoms with Crippen molar-refractivity contribution in [3.63, 3.8) is 0 Å². The summed E-state index contributed by atoms with van der Waals surface area (Å²) in [5, 5.41) is 3.04. The summed E-state index contributed by atoms with van der Waals surface area (Å²) in [5.41, 5.74) is 1.74. The van der Waals surface area contributed by atoms with Crippen LogP contribution in [-0.4, -0.2) is 21.2 Å². The number of oxazole rings is 1. The second-order valence-corrected chi connectivity index (χ2v) is 6.27. The first-order valence-electron chi connectivity index (χ1n) is 7.32. The van der Waals surface area contributed by atoms with E-state index in [0.29, 0.717) is 26.8 Å². The number of anilines is 1. The predicted molar refractivity (Wildman–Crippen MR) is 90.6 cm³/mol. The molecule has 3 aromatic rings. The Kier molecular flexibility index (Phi) is 4.30. The molecule has 0 atom stereocenters. The molecule has 0 fully saturated rings. The molecule has 124 valence electrons. The number of nitrogens with one attached hydrogen (secondary N) is 1. The fourth-order valence-electron chi connectivity index (χ4n) is 2.40. The van der Waals surface area contributed by atoms with Crippen LogP contribution in [-0.2, 0) is 11.3 Å². The van der Waals surface area contributed by atoms with Crippen molar-refractivity contribution in [1.82, 2.24) is 9.55 Å². The minimum absolute atomic E-state index is 0.0816. The van der Waals surface area contributed by atoms with Crippen LogP contribution in [0.15, 0.2) is 33.5 Å². The highest BCUT2D eigenvalue weighted by Crippen LogP contribution is 2.23. The summed E-state index contributed by atoms with van der Waals surface area (Å²) in [7, 11) is 0. The standard InChI is InChI=1S/C16H15N3O4S/c1-9-14(10(2)20)24-15(17-9)18-13(21)7-8-19-11-5-3-4-6-12(11)23-16(19)22/h3-6H,7-8H2,1-2H3,(H,17,18,21). The number of aromatic nitrogens is 2. The average molecular weight is 345 g/mol. The van der Waals surface area contributed by atoms with Gasteiger partial charge in [0.1, 0.15) is 0 Å². The number of Topliss-reactive ketones (excluding diaryl/α,β-unsaturated/α-hetero) is 1. The van der Waals surface area contributed by atoms with Gasteiger partial charge in [-0.05, 0) is 19.1 Å². The number of thiazole rings is 1. The Hall–Kier alpha value is -2.74. The summed E-state index contributed by atoms with van der Waals surface area (Å²) >= 11 is 1.15. The van der Waals surface area contributed by atoms with Crippen LogP contribution >= 0.6 is 11.3 Å². The maximum Gasteiger partial charge on any atom is 0.419 e. The highest BCUT2D eigenvalue weighted by atomic mass is 32.1. The average Bonchev–Trinajstić information content (AvgIpc) is 3.04. The lowest BCUT2D eigenvalue weighted by atomic mass is 10.3. The van der Waals surface area contributed by atoms with Crippen molar-refractivity contribution in [2.45, 2.75) is 26.8 Å². The van der Waals surface area contributed by atoms with Crippen molar-refractivity contribution < 1.29 is 14.0 Å². The summed E-state index contributed by atoms with van der Waals surface area (Å²) in [5.74, 6) is -0.856. The molecule has 0 aliphatic heterocycles. The van der Waals surface area contributed by atoms with Crippen molar-refractivity contribution in [3.05, 3.63) is 45.4 Å². The number of amides is 1. The maximum absolute atomic E-state index is 12.1. The van der Waals surface area contributed by atoms with Gasteiger partial charge in [-0.25, -0.2) is 9.78 Å². The van der Waals surface area contributed by atoms with E-state index >= 15 is 0 Å². The van der Waals surface area contributed by atoms with Crippen LogP contribution in [0.1, 0.15) is 28.7 Å². The number of hydrogen-bond donors (Lipinski definition) is 1. The van der Waals surface area contributed by atoms with Crippen molar-refractivity contribution in [1.29, 1.82) is 0 Å². The van der Waals surface area contributed by atoms with Gasteiger partial charge in [0.2, 0.25) is 5.91 Å². The number of fused-ring (bicyclic) bond motifs is 1. The molecule has 0 aliphatic carbocycles. The molecule has 7 nitrogen and oxygen atoms in total. The molecule has 2 aromatic heterocycles. The smallest absolute Gasteiger partial charge is 0.408 e. The van der Waals surface area contributed by atoms with E-state index in [1.165, 1.54) is 11.5 Å². The van der Waals surface area contributed by atoms with Crippen LogP contribution in [0.2, 0.25) is 0 Å². The van der Waals surface area contributed by atoms with Gasteiger partial charge in [-0.1, -0.05) is 23.5 Å². The second kappa shape index (κ2) is 6.40. The predicted octanol–water partition coefficient (Wildman–Crippen LogP) is 2.59. The Morgan fingerprint density at radius 2 is 2.08 bits per heavy atom. The highest BCUT2D eigenvalue weighted by Gasteiger charge is 2.14. The Labute approximate surface area is 140 Å².